The number of nitrogens with zero attached hydrogens (tertiary/aromatic N) is 3. The van der Waals surface area contributed by atoms with Crippen molar-refractivity contribution in [3.05, 3.63) is 77.5 Å². The summed E-state index contributed by atoms with van der Waals surface area (Å²) in [6, 6.07) is 16.7. The van der Waals surface area contributed by atoms with E-state index in [4.69, 9.17) is 0 Å². The summed E-state index contributed by atoms with van der Waals surface area (Å²) in [4.78, 5) is 20.7. The van der Waals surface area contributed by atoms with E-state index in [0.29, 0.717) is 31.7 Å². The summed E-state index contributed by atoms with van der Waals surface area (Å²) < 4.78 is 39.2. The molecule has 0 fully saturated rings. The van der Waals surface area contributed by atoms with Crippen molar-refractivity contribution < 1.29 is 23.1 Å². The number of likely N-dealkylation sites (N-methyl/N-ethyl adjacent to an activating group) is 1. The predicted molar refractivity (Wildman–Crippen MR) is 128 cm³/mol. The molecule has 184 valence electrons. The number of aromatic nitrogens is 1. The molecule has 9 heteroatoms. The van der Waals surface area contributed by atoms with E-state index in [2.05, 4.69) is 10.3 Å². The Morgan fingerprint density at radius 3 is 2.54 bits per heavy atom. The lowest BCUT2D eigenvalue weighted by molar-refractivity contribution is -0.137. The van der Waals surface area contributed by atoms with E-state index >= 15 is 0 Å². The van der Waals surface area contributed by atoms with E-state index in [0.717, 1.165) is 40.3 Å². The lowest BCUT2D eigenvalue weighted by Gasteiger charge is -2.26. The van der Waals surface area contributed by atoms with E-state index in [1.54, 1.807) is 7.05 Å². The maximum absolute atomic E-state index is 13.1. The van der Waals surface area contributed by atoms with Crippen molar-refractivity contribution in [1.29, 1.82) is 0 Å². The van der Waals surface area contributed by atoms with Crippen LogP contribution in [-0.4, -0.2) is 54.2 Å². The number of anilines is 2. The molecule has 2 heterocycles. The van der Waals surface area contributed by atoms with Gasteiger partial charge >= 0.3 is 6.18 Å². The average Bonchev–Trinajstić information content (AvgIpc) is 3.02. The topological polar surface area (TPSA) is 68.7 Å². The summed E-state index contributed by atoms with van der Waals surface area (Å²) in [5.74, 6) is -0.107. The minimum absolute atomic E-state index is 0.0111. The molecule has 1 aromatic heterocycles. The van der Waals surface area contributed by atoms with E-state index in [9.17, 15) is 23.1 Å². The zero-order valence-corrected chi connectivity index (χ0v) is 19.3. The van der Waals surface area contributed by atoms with Crippen LogP contribution in [0.3, 0.4) is 0 Å². The van der Waals surface area contributed by atoms with Gasteiger partial charge in [-0.1, -0.05) is 12.1 Å². The Hall–Kier alpha value is -3.43. The quantitative estimate of drug-likeness (QED) is 0.554. The second-order valence-corrected chi connectivity index (χ2v) is 8.41. The van der Waals surface area contributed by atoms with Gasteiger partial charge in [-0.3, -0.25) is 14.7 Å². The normalized spacial score (nSPS) is 14.4. The molecule has 0 aliphatic carbocycles. The van der Waals surface area contributed by atoms with Gasteiger partial charge in [-0.05, 0) is 54.1 Å². The smallest absolute Gasteiger partial charge is 0.396 e. The van der Waals surface area contributed by atoms with Crippen molar-refractivity contribution in [1.82, 2.24) is 15.2 Å². The monoisotopic (exact) mass is 484 g/mol. The van der Waals surface area contributed by atoms with Crippen molar-refractivity contribution in [2.24, 2.45) is 0 Å². The third kappa shape index (κ3) is 5.80. The standard InChI is InChI=1S/C26H27F3N4O2/c1-30-25(35)17-32-12-13-33(22-8-6-20(7-9-22)26(27,28)29)24-10-5-18(15-19(24)16-32)23-4-2-3-21(31-23)11-14-34/h2-10,15,34H,11-14,16-17H2,1H3,(H,30,35). The van der Waals surface area contributed by atoms with Crippen molar-refractivity contribution in [3.63, 3.8) is 0 Å². The molecule has 0 atom stereocenters. The number of aliphatic hydroxyl groups is 1. The maximum atomic E-state index is 13.1. The van der Waals surface area contributed by atoms with Gasteiger partial charge < -0.3 is 15.3 Å². The Kier molecular flexibility index (Phi) is 7.37. The summed E-state index contributed by atoms with van der Waals surface area (Å²) in [6.07, 6.45) is -3.94. The van der Waals surface area contributed by atoms with E-state index in [1.807, 2.05) is 46.2 Å². The van der Waals surface area contributed by atoms with Gasteiger partial charge in [-0.2, -0.15) is 13.2 Å². The number of aliphatic hydroxyl groups excluding tert-OH is 1. The highest BCUT2D eigenvalue weighted by atomic mass is 19.4. The number of carbonyl (C=O) groups is 1. The molecule has 3 aromatic rings. The van der Waals surface area contributed by atoms with Crippen molar-refractivity contribution >= 4 is 17.3 Å². The molecule has 0 bridgehead atoms. The number of alkyl halides is 3. The van der Waals surface area contributed by atoms with Crippen LogP contribution in [0.1, 0.15) is 16.8 Å². The van der Waals surface area contributed by atoms with E-state index in [1.165, 1.54) is 12.1 Å². The highest BCUT2D eigenvalue weighted by Crippen LogP contribution is 2.36. The molecule has 4 rings (SSSR count). The number of nitrogens with one attached hydrogen (secondary N) is 1. The molecule has 0 saturated carbocycles. The largest absolute Gasteiger partial charge is 0.416 e. The molecule has 1 aliphatic rings. The SMILES string of the molecule is CNC(=O)CN1CCN(c2ccc(C(F)(F)F)cc2)c2ccc(-c3cccc(CCO)n3)cc2C1. The summed E-state index contributed by atoms with van der Waals surface area (Å²) >= 11 is 0. The van der Waals surface area contributed by atoms with Crippen molar-refractivity contribution in [2.75, 3.05) is 38.2 Å². The Balaban J connectivity index is 1.72. The predicted octanol–water partition coefficient (Wildman–Crippen LogP) is 4.00. The fourth-order valence-corrected chi connectivity index (χ4v) is 4.23. The van der Waals surface area contributed by atoms with Crippen LogP contribution in [0.5, 0.6) is 0 Å². The average molecular weight is 485 g/mol. The molecule has 0 unspecified atom stereocenters. The number of fused-ring (bicyclic) bond motifs is 1. The van der Waals surface area contributed by atoms with Gasteiger partial charge in [0.05, 0.1) is 17.8 Å². The van der Waals surface area contributed by atoms with Gasteiger partial charge in [0.25, 0.3) is 0 Å². The fraction of sp³-hybridized carbons (Fsp3) is 0.308. The Morgan fingerprint density at radius 1 is 1.09 bits per heavy atom. The van der Waals surface area contributed by atoms with Crippen molar-refractivity contribution in [2.45, 2.75) is 19.1 Å². The van der Waals surface area contributed by atoms with E-state index < -0.39 is 11.7 Å². The van der Waals surface area contributed by atoms with Gasteiger partial charge in [0.1, 0.15) is 0 Å². The first-order valence-electron chi connectivity index (χ1n) is 11.4. The summed E-state index contributed by atoms with van der Waals surface area (Å²) in [5.41, 5.74) is 4.21. The number of hydrogen-bond donors (Lipinski definition) is 2. The molecular weight excluding hydrogens is 457 g/mol. The number of pyridine rings is 1. The van der Waals surface area contributed by atoms with Crippen LogP contribution in [0, 0.1) is 0 Å². The molecule has 0 spiro atoms. The first-order valence-corrected chi connectivity index (χ1v) is 11.4. The van der Waals surface area contributed by atoms with Gasteiger partial charge in [0, 0.05) is 62.3 Å². The summed E-state index contributed by atoms with van der Waals surface area (Å²) in [6.45, 7) is 1.80. The first kappa shape index (κ1) is 24.7. The van der Waals surface area contributed by atoms with Gasteiger partial charge in [0.2, 0.25) is 5.91 Å². The van der Waals surface area contributed by atoms with Crippen LogP contribution in [0.4, 0.5) is 24.5 Å². The zero-order valence-electron chi connectivity index (χ0n) is 19.3. The minimum Gasteiger partial charge on any atom is -0.396 e. The van der Waals surface area contributed by atoms with Crippen LogP contribution in [0.25, 0.3) is 11.3 Å². The Morgan fingerprint density at radius 2 is 1.86 bits per heavy atom. The first-order chi connectivity index (χ1) is 16.8. The number of hydrogen-bond acceptors (Lipinski definition) is 5. The Bertz CT molecular complexity index is 1180. The molecule has 1 amide bonds. The molecule has 1 aliphatic heterocycles. The minimum atomic E-state index is -4.40. The number of amides is 1. The molecule has 2 aromatic carbocycles. The number of carbonyl (C=O) groups excluding carboxylic acids is 1. The maximum Gasteiger partial charge on any atom is 0.416 e. The van der Waals surface area contributed by atoms with Gasteiger partial charge in [-0.15, -0.1) is 0 Å². The lowest BCUT2D eigenvalue weighted by atomic mass is 10.0. The van der Waals surface area contributed by atoms with Gasteiger partial charge in [0.15, 0.2) is 0 Å². The third-order valence-corrected chi connectivity index (χ3v) is 6.03. The number of benzene rings is 2. The number of halogens is 3. The van der Waals surface area contributed by atoms with Gasteiger partial charge in [-0.25, -0.2) is 0 Å². The third-order valence-electron chi connectivity index (χ3n) is 6.03. The lowest BCUT2D eigenvalue weighted by Crippen LogP contribution is -2.37. The van der Waals surface area contributed by atoms with Crippen LogP contribution in [-0.2, 0) is 23.9 Å². The molecule has 0 radical (unpaired) electrons. The van der Waals surface area contributed by atoms with Crippen LogP contribution < -0.4 is 10.2 Å². The summed E-state index contributed by atoms with van der Waals surface area (Å²) in [5, 5.41) is 11.9. The Labute approximate surface area is 202 Å². The summed E-state index contributed by atoms with van der Waals surface area (Å²) in [7, 11) is 1.59. The van der Waals surface area contributed by atoms with Crippen LogP contribution >= 0.6 is 0 Å². The van der Waals surface area contributed by atoms with Crippen LogP contribution in [0.2, 0.25) is 0 Å². The highest BCUT2D eigenvalue weighted by molar-refractivity contribution is 5.78. The second kappa shape index (κ2) is 10.5. The fourth-order valence-electron chi connectivity index (χ4n) is 4.23. The zero-order chi connectivity index (χ0) is 25.0. The van der Waals surface area contributed by atoms with E-state index in [-0.39, 0.29) is 19.1 Å². The highest BCUT2D eigenvalue weighted by Gasteiger charge is 2.30. The molecule has 35 heavy (non-hydrogen) atoms. The molecule has 2 N–H and O–H groups in total. The van der Waals surface area contributed by atoms with Crippen molar-refractivity contribution in [3.8, 4) is 11.3 Å². The molecule has 6 nitrogen and oxygen atoms in total. The van der Waals surface area contributed by atoms with Crippen LogP contribution in [0.15, 0.2) is 60.7 Å². The second-order valence-electron chi connectivity index (χ2n) is 8.41. The molecule has 0 saturated heterocycles. The number of rotatable bonds is 6. The molecular formula is C26H27F3N4O2.